The van der Waals surface area contributed by atoms with Gasteiger partial charge in [-0.1, -0.05) is 54.6 Å². The number of anilines is 1. The van der Waals surface area contributed by atoms with Crippen molar-refractivity contribution in [3.63, 3.8) is 0 Å². The molecule has 0 spiro atoms. The van der Waals surface area contributed by atoms with Gasteiger partial charge in [-0.3, -0.25) is 5.32 Å². The number of nitrogens with one attached hydrogen (secondary N) is 2. The first-order valence-corrected chi connectivity index (χ1v) is 11.8. The largest absolute Gasteiger partial charge is 0.573 e. The van der Waals surface area contributed by atoms with Crippen molar-refractivity contribution in [3.05, 3.63) is 97.0 Å². The summed E-state index contributed by atoms with van der Waals surface area (Å²) in [6.07, 6.45) is -1.14. The Kier molecular flexibility index (Phi) is 7.26. The Bertz CT molecular complexity index is 1530. The number of halogens is 3. The Hall–Kier alpha value is -5.13. The summed E-state index contributed by atoms with van der Waals surface area (Å²) >= 11 is 0. The zero-order valence-corrected chi connectivity index (χ0v) is 20.2. The molecule has 3 aromatic carbocycles. The second-order valence-corrected chi connectivity index (χ2v) is 8.28. The minimum atomic E-state index is -4.75. The minimum absolute atomic E-state index is 0.105. The summed E-state index contributed by atoms with van der Waals surface area (Å²) < 4.78 is 47.9. The van der Waals surface area contributed by atoms with Gasteiger partial charge in [0.1, 0.15) is 12.1 Å². The average Bonchev–Trinajstić information content (AvgIpc) is 3.60. The molecule has 0 radical (unpaired) electrons. The Morgan fingerprint density at radius 1 is 0.923 bits per heavy atom. The lowest BCUT2D eigenvalue weighted by molar-refractivity contribution is -0.274. The van der Waals surface area contributed by atoms with Crippen LogP contribution >= 0.6 is 0 Å². The van der Waals surface area contributed by atoms with Crippen molar-refractivity contribution in [3.8, 4) is 34.1 Å². The van der Waals surface area contributed by atoms with Crippen LogP contribution in [0.5, 0.6) is 5.75 Å². The molecule has 0 aliphatic heterocycles. The number of amides is 2. The smallest absolute Gasteiger partial charge is 0.423 e. The normalized spacial score (nSPS) is 11.3. The number of hydrogen-bond donors (Lipinski definition) is 2. The highest BCUT2D eigenvalue weighted by Gasteiger charge is 2.31. The standard InChI is InChI=1S/C27H21F3N6O3/c28-27(29,30)39-22-12-10-21(11-13-22)36-17-33-24(35-36)20-8-6-18(7-9-20)14-15-31-25(37)34-26-32-16-23(38-26)19-4-2-1-3-5-19/h1-13,16-17H,14-15H2,(H2,31,32,34,37). The van der Waals surface area contributed by atoms with Gasteiger partial charge in [0.2, 0.25) is 0 Å². The average molecular weight is 534 g/mol. The molecule has 39 heavy (non-hydrogen) atoms. The molecule has 198 valence electrons. The molecule has 0 saturated carbocycles. The number of carbonyl (C=O) groups is 1. The van der Waals surface area contributed by atoms with Crippen LogP contribution in [0, 0.1) is 0 Å². The number of aromatic nitrogens is 4. The van der Waals surface area contributed by atoms with Gasteiger partial charge in [-0.15, -0.1) is 18.3 Å². The van der Waals surface area contributed by atoms with Crippen molar-refractivity contribution in [2.75, 3.05) is 11.9 Å². The first-order valence-electron chi connectivity index (χ1n) is 11.8. The Morgan fingerprint density at radius 3 is 2.38 bits per heavy atom. The van der Waals surface area contributed by atoms with E-state index in [1.165, 1.54) is 35.3 Å². The van der Waals surface area contributed by atoms with Gasteiger partial charge < -0.3 is 14.5 Å². The van der Waals surface area contributed by atoms with Crippen LogP contribution in [0.15, 0.2) is 95.8 Å². The monoisotopic (exact) mass is 534 g/mol. The van der Waals surface area contributed by atoms with E-state index in [2.05, 4.69) is 30.4 Å². The zero-order valence-electron chi connectivity index (χ0n) is 20.2. The van der Waals surface area contributed by atoms with Gasteiger partial charge in [0.15, 0.2) is 11.6 Å². The molecule has 2 heterocycles. The van der Waals surface area contributed by atoms with E-state index < -0.39 is 12.4 Å². The lowest BCUT2D eigenvalue weighted by Crippen LogP contribution is -2.30. The molecule has 0 aliphatic carbocycles. The van der Waals surface area contributed by atoms with E-state index in [1.807, 2.05) is 54.6 Å². The maximum atomic E-state index is 12.3. The number of nitrogens with zero attached hydrogens (tertiary/aromatic N) is 4. The highest BCUT2D eigenvalue weighted by atomic mass is 19.4. The molecule has 2 aromatic heterocycles. The first-order chi connectivity index (χ1) is 18.8. The summed E-state index contributed by atoms with van der Waals surface area (Å²) in [4.78, 5) is 20.5. The molecule has 0 saturated heterocycles. The van der Waals surface area contributed by atoms with Gasteiger partial charge in [-0.25, -0.2) is 19.4 Å². The van der Waals surface area contributed by atoms with E-state index in [0.717, 1.165) is 16.7 Å². The molecular formula is C27H21F3N6O3. The SMILES string of the molecule is O=C(NCCc1ccc(-c2ncn(-c3ccc(OC(F)(F)F)cc3)n2)cc1)Nc1ncc(-c2ccccc2)o1. The van der Waals surface area contributed by atoms with Gasteiger partial charge in [-0.05, 0) is 36.2 Å². The zero-order chi connectivity index (χ0) is 27.2. The lowest BCUT2D eigenvalue weighted by Gasteiger charge is -2.09. The maximum absolute atomic E-state index is 12.3. The minimum Gasteiger partial charge on any atom is -0.423 e. The summed E-state index contributed by atoms with van der Waals surface area (Å²) in [7, 11) is 0. The van der Waals surface area contributed by atoms with Crippen molar-refractivity contribution in [1.29, 1.82) is 0 Å². The number of carbonyl (C=O) groups excluding carboxylic acids is 1. The van der Waals surface area contributed by atoms with E-state index >= 15 is 0 Å². The summed E-state index contributed by atoms with van der Waals surface area (Å²) in [6, 6.07) is 22.0. The van der Waals surface area contributed by atoms with Gasteiger partial charge in [0.05, 0.1) is 11.9 Å². The van der Waals surface area contributed by atoms with E-state index in [1.54, 1.807) is 6.20 Å². The van der Waals surface area contributed by atoms with Crippen molar-refractivity contribution < 1.29 is 27.1 Å². The molecular weight excluding hydrogens is 513 g/mol. The quantitative estimate of drug-likeness (QED) is 0.259. The van der Waals surface area contributed by atoms with Crippen molar-refractivity contribution in [2.24, 2.45) is 0 Å². The van der Waals surface area contributed by atoms with Crippen LogP contribution in [0.4, 0.5) is 24.0 Å². The van der Waals surface area contributed by atoms with Crippen LogP contribution in [0.1, 0.15) is 5.56 Å². The first kappa shape index (κ1) is 25.5. The molecule has 2 N–H and O–H groups in total. The number of hydrogen-bond acceptors (Lipinski definition) is 6. The van der Waals surface area contributed by atoms with Crippen LogP contribution in [-0.4, -0.2) is 38.7 Å². The van der Waals surface area contributed by atoms with Crippen LogP contribution in [0.3, 0.4) is 0 Å². The van der Waals surface area contributed by atoms with E-state index in [0.29, 0.717) is 30.2 Å². The Morgan fingerprint density at radius 2 is 1.67 bits per heavy atom. The molecule has 5 aromatic rings. The molecule has 9 nitrogen and oxygen atoms in total. The second-order valence-electron chi connectivity index (χ2n) is 8.28. The highest BCUT2D eigenvalue weighted by Crippen LogP contribution is 2.24. The number of ether oxygens (including phenoxy) is 1. The van der Waals surface area contributed by atoms with Crippen molar-refractivity contribution in [2.45, 2.75) is 12.8 Å². The summed E-state index contributed by atoms with van der Waals surface area (Å²) in [5.74, 6) is 0.693. The van der Waals surface area contributed by atoms with Gasteiger partial charge in [0, 0.05) is 17.7 Å². The molecule has 0 fully saturated rings. The molecule has 0 unspecified atom stereocenters. The fraction of sp³-hybridized carbons (Fsp3) is 0.111. The summed E-state index contributed by atoms with van der Waals surface area (Å²) in [5.41, 5.74) is 3.14. The summed E-state index contributed by atoms with van der Waals surface area (Å²) in [6.45, 7) is 0.387. The van der Waals surface area contributed by atoms with Gasteiger partial charge >= 0.3 is 18.4 Å². The predicted molar refractivity (Wildman–Crippen MR) is 136 cm³/mol. The molecule has 0 bridgehead atoms. The number of oxazole rings is 1. The molecule has 12 heteroatoms. The maximum Gasteiger partial charge on any atom is 0.573 e. The number of benzene rings is 3. The third-order valence-electron chi connectivity index (χ3n) is 5.52. The van der Waals surface area contributed by atoms with Gasteiger partial charge in [-0.2, -0.15) is 0 Å². The van der Waals surface area contributed by atoms with Crippen LogP contribution < -0.4 is 15.4 Å². The second kappa shape index (κ2) is 11.1. The third-order valence-corrected chi connectivity index (χ3v) is 5.52. The number of urea groups is 1. The van der Waals surface area contributed by atoms with E-state index in [4.69, 9.17) is 4.42 Å². The fourth-order valence-corrected chi connectivity index (χ4v) is 3.67. The Balaban J connectivity index is 1.11. The Labute approximate surface area is 220 Å². The van der Waals surface area contributed by atoms with Crippen LogP contribution in [-0.2, 0) is 6.42 Å². The van der Waals surface area contributed by atoms with Crippen molar-refractivity contribution in [1.82, 2.24) is 25.1 Å². The third kappa shape index (κ3) is 6.80. The molecule has 5 rings (SSSR count). The van der Waals surface area contributed by atoms with E-state index in [9.17, 15) is 18.0 Å². The summed E-state index contributed by atoms with van der Waals surface area (Å²) in [5, 5.41) is 9.73. The lowest BCUT2D eigenvalue weighted by atomic mass is 10.1. The fourth-order valence-electron chi connectivity index (χ4n) is 3.67. The van der Waals surface area contributed by atoms with E-state index in [-0.39, 0.29) is 11.8 Å². The molecule has 0 atom stereocenters. The predicted octanol–water partition coefficient (Wildman–Crippen LogP) is 5.85. The van der Waals surface area contributed by atoms with Crippen LogP contribution in [0.25, 0.3) is 28.4 Å². The van der Waals surface area contributed by atoms with Crippen molar-refractivity contribution >= 4 is 12.0 Å². The van der Waals surface area contributed by atoms with Crippen LogP contribution in [0.2, 0.25) is 0 Å². The van der Waals surface area contributed by atoms with Gasteiger partial charge in [0.25, 0.3) is 0 Å². The molecule has 2 amide bonds. The topological polar surface area (TPSA) is 107 Å². The molecule has 0 aliphatic rings. The number of alkyl halides is 3. The number of rotatable bonds is 8. The highest BCUT2D eigenvalue weighted by molar-refractivity contribution is 5.87.